The van der Waals surface area contributed by atoms with Crippen LogP contribution in [0, 0.1) is 6.92 Å². The van der Waals surface area contributed by atoms with Crippen molar-refractivity contribution in [3.8, 4) is 34.5 Å². The fourth-order valence-corrected chi connectivity index (χ4v) is 1.72. The lowest BCUT2D eigenvalue weighted by atomic mass is 10.2. The van der Waals surface area contributed by atoms with Crippen molar-refractivity contribution in [2.45, 2.75) is 6.92 Å². The van der Waals surface area contributed by atoms with E-state index in [1.54, 1.807) is 19.2 Å². The van der Waals surface area contributed by atoms with Gasteiger partial charge in [0, 0.05) is 12.3 Å². The number of hydrogen-bond acceptors (Lipinski definition) is 7. The van der Waals surface area contributed by atoms with Gasteiger partial charge in [0.2, 0.25) is 5.82 Å². The Balaban J connectivity index is 2.02. The molecule has 2 N–H and O–H groups in total. The van der Waals surface area contributed by atoms with Crippen molar-refractivity contribution in [3.05, 3.63) is 36.3 Å². The molecule has 0 radical (unpaired) electrons. The second-order valence-corrected chi connectivity index (χ2v) is 4.11. The van der Waals surface area contributed by atoms with Gasteiger partial charge in [0.1, 0.15) is 23.0 Å². The first-order valence-corrected chi connectivity index (χ1v) is 5.79. The predicted octanol–water partition coefficient (Wildman–Crippen LogP) is 1.91. The van der Waals surface area contributed by atoms with Gasteiger partial charge in [0.15, 0.2) is 0 Å². The number of benzene rings is 1. The molecule has 20 heavy (non-hydrogen) atoms. The first-order chi connectivity index (χ1) is 9.63. The molecule has 0 unspecified atom stereocenters. The molecule has 0 aliphatic carbocycles. The number of phenols is 2. The van der Waals surface area contributed by atoms with Crippen LogP contribution < -0.4 is 0 Å². The summed E-state index contributed by atoms with van der Waals surface area (Å²) in [5.74, 6) is 0.865. The van der Waals surface area contributed by atoms with E-state index in [1.165, 1.54) is 18.2 Å². The topological polar surface area (TPSA) is 105 Å². The SMILES string of the molecule is Cc1nccc(-c2noc(-c3ccc(O)cc3O)n2)n1. The molecule has 0 spiro atoms. The zero-order valence-electron chi connectivity index (χ0n) is 10.5. The minimum atomic E-state index is -0.140. The van der Waals surface area contributed by atoms with Crippen LogP contribution in [0.3, 0.4) is 0 Å². The number of aromatic nitrogens is 4. The Hall–Kier alpha value is -2.96. The van der Waals surface area contributed by atoms with Crippen molar-refractivity contribution in [2.24, 2.45) is 0 Å². The fraction of sp³-hybridized carbons (Fsp3) is 0.0769. The van der Waals surface area contributed by atoms with Crippen molar-refractivity contribution < 1.29 is 14.7 Å². The summed E-state index contributed by atoms with van der Waals surface area (Å²) in [6.07, 6.45) is 1.60. The van der Waals surface area contributed by atoms with E-state index in [2.05, 4.69) is 20.1 Å². The van der Waals surface area contributed by atoms with Crippen LogP contribution in [0.15, 0.2) is 35.0 Å². The average molecular weight is 270 g/mol. The van der Waals surface area contributed by atoms with Gasteiger partial charge in [-0.3, -0.25) is 0 Å². The van der Waals surface area contributed by atoms with Gasteiger partial charge in [-0.2, -0.15) is 4.98 Å². The van der Waals surface area contributed by atoms with Crippen LogP contribution in [0.5, 0.6) is 11.5 Å². The molecule has 1 aromatic carbocycles. The molecule has 0 fully saturated rings. The maximum absolute atomic E-state index is 9.76. The van der Waals surface area contributed by atoms with E-state index in [1.807, 2.05) is 0 Å². The zero-order valence-corrected chi connectivity index (χ0v) is 10.5. The van der Waals surface area contributed by atoms with Gasteiger partial charge in [-0.15, -0.1) is 0 Å². The quantitative estimate of drug-likeness (QED) is 0.732. The van der Waals surface area contributed by atoms with E-state index in [4.69, 9.17) is 4.52 Å². The molecule has 0 saturated heterocycles. The van der Waals surface area contributed by atoms with E-state index in [0.29, 0.717) is 22.9 Å². The highest BCUT2D eigenvalue weighted by Crippen LogP contribution is 2.31. The number of phenolic OH excluding ortho intramolecular Hbond substituents is 2. The standard InChI is InChI=1S/C13H10N4O3/c1-7-14-5-4-10(15-7)12-16-13(20-17-12)9-3-2-8(18)6-11(9)19/h2-6,18-19H,1H3. The molecule has 2 heterocycles. The Bertz CT molecular complexity index is 770. The van der Waals surface area contributed by atoms with Gasteiger partial charge in [-0.1, -0.05) is 5.16 Å². The normalized spacial score (nSPS) is 10.7. The van der Waals surface area contributed by atoms with Crippen molar-refractivity contribution in [1.29, 1.82) is 0 Å². The molecule has 7 heteroatoms. The molecule has 0 aliphatic heterocycles. The van der Waals surface area contributed by atoms with Crippen LogP contribution in [-0.4, -0.2) is 30.3 Å². The fourth-order valence-electron chi connectivity index (χ4n) is 1.72. The van der Waals surface area contributed by atoms with Crippen LogP contribution in [0.25, 0.3) is 23.0 Å². The van der Waals surface area contributed by atoms with Gasteiger partial charge < -0.3 is 14.7 Å². The van der Waals surface area contributed by atoms with Crippen molar-refractivity contribution in [2.75, 3.05) is 0 Å². The molecule has 3 rings (SSSR count). The maximum atomic E-state index is 9.76. The third-order valence-electron chi connectivity index (χ3n) is 2.64. The number of aryl methyl sites for hydroxylation is 1. The number of rotatable bonds is 2. The van der Waals surface area contributed by atoms with Crippen LogP contribution in [0.4, 0.5) is 0 Å². The van der Waals surface area contributed by atoms with Gasteiger partial charge >= 0.3 is 0 Å². The van der Waals surface area contributed by atoms with Crippen LogP contribution in [-0.2, 0) is 0 Å². The Morgan fingerprint density at radius 3 is 2.70 bits per heavy atom. The lowest BCUT2D eigenvalue weighted by molar-refractivity contribution is 0.423. The summed E-state index contributed by atoms with van der Waals surface area (Å²) in [4.78, 5) is 12.4. The minimum Gasteiger partial charge on any atom is -0.508 e. The van der Waals surface area contributed by atoms with E-state index in [9.17, 15) is 10.2 Å². The predicted molar refractivity (Wildman–Crippen MR) is 68.8 cm³/mol. The Labute approximate surface area is 113 Å². The monoisotopic (exact) mass is 270 g/mol. The zero-order chi connectivity index (χ0) is 14.1. The molecular weight excluding hydrogens is 260 g/mol. The summed E-state index contributed by atoms with van der Waals surface area (Å²) in [7, 11) is 0. The molecule has 0 saturated carbocycles. The van der Waals surface area contributed by atoms with Gasteiger partial charge in [0.25, 0.3) is 5.89 Å². The van der Waals surface area contributed by atoms with Crippen molar-refractivity contribution in [1.82, 2.24) is 20.1 Å². The van der Waals surface area contributed by atoms with Crippen molar-refractivity contribution in [3.63, 3.8) is 0 Å². The van der Waals surface area contributed by atoms with Gasteiger partial charge in [-0.05, 0) is 25.1 Å². The number of aromatic hydroxyl groups is 2. The molecule has 0 aliphatic rings. The van der Waals surface area contributed by atoms with E-state index < -0.39 is 0 Å². The second-order valence-electron chi connectivity index (χ2n) is 4.11. The molecule has 0 amide bonds. The molecule has 100 valence electrons. The molecule has 0 atom stereocenters. The highest BCUT2D eigenvalue weighted by atomic mass is 16.5. The van der Waals surface area contributed by atoms with E-state index >= 15 is 0 Å². The largest absolute Gasteiger partial charge is 0.508 e. The Morgan fingerprint density at radius 1 is 1.10 bits per heavy atom. The van der Waals surface area contributed by atoms with Crippen molar-refractivity contribution >= 4 is 0 Å². The molecule has 7 nitrogen and oxygen atoms in total. The van der Waals surface area contributed by atoms with E-state index in [0.717, 1.165) is 0 Å². The van der Waals surface area contributed by atoms with Crippen LogP contribution in [0.1, 0.15) is 5.82 Å². The Kier molecular flexibility index (Phi) is 2.79. The molecule has 0 bridgehead atoms. The summed E-state index contributed by atoms with van der Waals surface area (Å²) in [5, 5.41) is 22.8. The van der Waals surface area contributed by atoms with Gasteiger partial charge in [0.05, 0.1) is 5.56 Å². The third-order valence-corrected chi connectivity index (χ3v) is 2.64. The van der Waals surface area contributed by atoms with Gasteiger partial charge in [-0.25, -0.2) is 9.97 Å². The van der Waals surface area contributed by atoms with E-state index in [-0.39, 0.29) is 17.4 Å². The summed E-state index contributed by atoms with van der Waals surface area (Å²) >= 11 is 0. The molecule has 3 aromatic rings. The van der Waals surface area contributed by atoms with Crippen LogP contribution in [0.2, 0.25) is 0 Å². The van der Waals surface area contributed by atoms with Crippen LogP contribution >= 0.6 is 0 Å². The third kappa shape index (κ3) is 2.16. The molecular formula is C13H10N4O3. The smallest absolute Gasteiger partial charge is 0.262 e. The summed E-state index contributed by atoms with van der Waals surface area (Å²) in [5.41, 5.74) is 0.873. The first-order valence-electron chi connectivity index (χ1n) is 5.79. The first kappa shape index (κ1) is 12.1. The maximum Gasteiger partial charge on any atom is 0.262 e. The number of nitrogens with zero attached hydrogens (tertiary/aromatic N) is 4. The Morgan fingerprint density at radius 2 is 1.95 bits per heavy atom. The summed E-state index contributed by atoms with van der Waals surface area (Å²) in [6.45, 7) is 1.76. The lowest BCUT2D eigenvalue weighted by Gasteiger charge is -1.99. The minimum absolute atomic E-state index is 0.0441. The highest BCUT2D eigenvalue weighted by Gasteiger charge is 2.15. The summed E-state index contributed by atoms with van der Waals surface area (Å²) < 4.78 is 5.10. The molecule has 2 aromatic heterocycles. The lowest BCUT2D eigenvalue weighted by Crippen LogP contribution is -1.91. The highest BCUT2D eigenvalue weighted by molar-refractivity contribution is 5.65. The average Bonchev–Trinajstić information content (AvgIpc) is 2.88. The second kappa shape index (κ2) is 4.61. The number of hydrogen-bond donors (Lipinski definition) is 2. The summed E-state index contributed by atoms with van der Waals surface area (Å²) in [6, 6.07) is 5.79.